The topological polar surface area (TPSA) is 156 Å². The molecule has 0 unspecified atom stereocenters. The Morgan fingerprint density at radius 1 is 1.07 bits per heavy atom. The van der Waals surface area contributed by atoms with E-state index in [9.17, 15) is 35.6 Å². The zero-order valence-corrected chi connectivity index (χ0v) is 23.0. The molecule has 0 saturated carbocycles. The minimum atomic E-state index is -5.36. The zero-order chi connectivity index (χ0) is 29.8. The summed E-state index contributed by atoms with van der Waals surface area (Å²) in [4.78, 5) is 30.0. The highest BCUT2D eigenvalue weighted by Crippen LogP contribution is 2.23. The number of hydrogen-bond acceptors (Lipinski definition) is 10. The molecule has 1 saturated heterocycles. The Labute approximate surface area is 237 Å². The summed E-state index contributed by atoms with van der Waals surface area (Å²) in [5.41, 5.74) is 0.647. The average Bonchev–Trinajstić information content (AvgIpc) is 3.37. The van der Waals surface area contributed by atoms with Gasteiger partial charge in [-0.15, -0.1) is 0 Å². The molecule has 1 fully saturated rings. The van der Waals surface area contributed by atoms with E-state index in [2.05, 4.69) is 51.5 Å². The second-order valence-corrected chi connectivity index (χ2v) is 11.8. The maximum Gasteiger partial charge on any atom is 0.493 e. The Balaban J connectivity index is 1.50. The molecule has 0 spiro atoms. The number of anilines is 2. The highest BCUT2D eigenvalue weighted by Gasteiger charge is 2.42. The summed E-state index contributed by atoms with van der Waals surface area (Å²) in [6, 6.07) is 9.82. The van der Waals surface area contributed by atoms with Crippen LogP contribution in [0.3, 0.4) is 0 Å². The first-order chi connectivity index (χ1) is 19.3. The molecule has 1 amide bonds. The van der Waals surface area contributed by atoms with Gasteiger partial charge in [-0.25, -0.2) is 22.2 Å². The van der Waals surface area contributed by atoms with Crippen molar-refractivity contribution in [1.82, 2.24) is 15.2 Å². The van der Waals surface area contributed by atoms with Crippen molar-refractivity contribution in [2.75, 3.05) is 35.2 Å². The second-order valence-electron chi connectivity index (χ2n) is 8.61. The number of halogens is 5. The number of amidine groups is 1. The van der Waals surface area contributed by atoms with E-state index in [1.54, 1.807) is 12.1 Å². The highest BCUT2D eigenvalue weighted by atomic mass is 79.9. The van der Waals surface area contributed by atoms with Crippen LogP contribution in [0.5, 0.6) is 0 Å². The van der Waals surface area contributed by atoms with E-state index in [0.29, 0.717) is 19.6 Å². The molecule has 18 heteroatoms. The SMILES string of the molecule is O=C(Nc1nonc1/C(=N\OC(=O)C(F)(F)F)Nc1ccc(F)c(Br)c1)c1ccc(CN2CCS(=O)(=O)CC2)cc1. The van der Waals surface area contributed by atoms with Gasteiger partial charge in [-0.1, -0.05) is 17.3 Å². The molecule has 1 aliphatic heterocycles. The van der Waals surface area contributed by atoms with Gasteiger partial charge in [0.05, 0.1) is 16.0 Å². The molecule has 3 aromatic rings. The third kappa shape index (κ3) is 8.08. The fourth-order valence-corrected chi connectivity index (χ4v) is 5.16. The maximum absolute atomic E-state index is 13.6. The standard InChI is InChI=1S/C23H19BrF4N6O6S/c24-16-11-15(5-6-17(16)25)29-19(32-39-22(36)23(26,27)28)18-20(33-40-31-18)30-21(35)14-3-1-13(2-4-14)12-34-7-9-41(37,38)10-8-34/h1-6,11H,7-10,12H2,(H,29,32)(H,30,33,35). The first kappa shape index (κ1) is 30.1. The number of benzene rings is 2. The smallest absolute Gasteiger partial charge is 0.335 e. The lowest BCUT2D eigenvalue weighted by Gasteiger charge is -2.26. The number of hydrogen-bond donors (Lipinski definition) is 2. The predicted octanol–water partition coefficient (Wildman–Crippen LogP) is 3.33. The lowest BCUT2D eigenvalue weighted by Crippen LogP contribution is -2.39. The number of sulfone groups is 1. The van der Waals surface area contributed by atoms with E-state index >= 15 is 0 Å². The average molecular weight is 663 g/mol. The van der Waals surface area contributed by atoms with Gasteiger partial charge in [0.25, 0.3) is 5.91 Å². The summed E-state index contributed by atoms with van der Waals surface area (Å²) in [6.45, 7) is 1.28. The largest absolute Gasteiger partial charge is 0.493 e. The van der Waals surface area contributed by atoms with E-state index in [0.717, 1.165) is 11.6 Å². The van der Waals surface area contributed by atoms with Gasteiger partial charge in [-0.05, 0) is 62.1 Å². The number of carbonyl (C=O) groups is 2. The third-order valence-corrected chi connectivity index (χ3v) is 7.85. The monoisotopic (exact) mass is 662 g/mol. The van der Waals surface area contributed by atoms with Crippen molar-refractivity contribution in [3.8, 4) is 0 Å². The van der Waals surface area contributed by atoms with Crippen LogP contribution in [0.2, 0.25) is 0 Å². The van der Waals surface area contributed by atoms with E-state index in [4.69, 9.17) is 0 Å². The van der Waals surface area contributed by atoms with Crippen molar-refractivity contribution in [3.05, 3.63) is 69.6 Å². The molecule has 1 aliphatic rings. The van der Waals surface area contributed by atoms with Crippen LogP contribution in [0.15, 0.2) is 56.7 Å². The van der Waals surface area contributed by atoms with Crippen LogP contribution in [-0.4, -0.2) is 72.1 Å². The number of rotatable bonds is 7. The maximum atomic E-state index is 13.6. The van der Waals surface area contributed by atoms with Crippen LogP contribution in [0.25, 0.3) is 0 Å². The second kappa shape index (κ2) is 12.3. The summed E-state index contributed by atoms with van der Waals surface area (Å²) in [7, 11) is -3.01. The van der Waals surface area contributed by atoms with Crippen molar-refractivity contribution in [2.24, 2.45) is 5.16 Å². The van der Waals surface area contributed by atoms with Gasteiger partial charge in [0.2, 0.25) is 11.7 Å². The number of alkyl halides is 3. The molecule has 218 valence electrons. The molecule has 12 nitrogen and oxygen atoms in total. The summed E-state index contributed by atoms with van der Waals surface area (Å²) >= 11 is 2.96. The number of carbonyl (C=O) groups excluding carboxylic acids is 2. The van der Waals surface area contributed by atoms with Crippen molar-refractivity contribution < 1.29 is 45.0 Å². The van der Waals surface area contributed by atoms with Crippen molar-refractivity contribution in [3.63, 3.8) is 0 Å². The number of amides is 1. The molecular formula is C23H19BrF4N6O6S. The minimum absolute atomic E-state index is 0.00490. The molecule has 41 heavy (non-hydrogen) atoms. The summed E-state index contributed by atoms with van der Waals surface area (Å²) < 4.78 is 79.4. The summed E-state index contributed by atoms with van der Waals surface area (Å²) in [5.74, 6) is -4.83. The van der Waals surface area contributed by atoms with Crippen LogP contribution in [0.4, 0.5) is 29.1 Å². The lowest BCUT2D eigenvalue weighted by atomic mass is 10.1. The number of oxime groups is 1. The van der Waals surface area contributed by atoms with E-state index in [-0.39, 0.29) is 33.0 Å². The van der Waals surface area contributed by atoms with E-state index < -0.39 is 45.2 Å². The number of nitrogens with one attached hydrogen (secondary N) is 2. The fraction of sp³-hybridized carbons (Fsp3) is 0.261. The summed E-state index contributed by atoms with van der Waals surface area (Å²) in [5, 5.41) is 15.1. The van der Waals surface area contributed by atoms with Gasteiger partial charge in [0.1, 0.15) is 5.82 Å². The van der Waals surface area contributed by atoms with Crippen molar-refractivity contribution in [1.29, 1.82) is 0 Å². The van der Waals surface area contributed by atoms with Gasteiger partial charge in [0.15, 0.2) is 15.5 Å². The predicted molar refractivity (Wildman–Crippen MR) is 139 cm³/mol. The zero-order valence-electron chi connectivity index (χ0n) is 20.6. The van der Waals surface area contributed by atoms with Crippen molar-refractivity contribution >= 4 is 55.0 Å². The Kier molecular flexibility index (Phi) is 9.03. The highest BCUT2D eigenvalue weighted by molar-refractivity contribution is 9.10. The van der Waals surface area contributed by atoms with Gasteiger partial charge >= 0.3 is 12.1 Å². The number of nitrogens with zero attached hydrogens (tertiary/aromatic N) is 4. The Bertz CT molecular complexity index is 1570. The van der Waals surface area contributed by atoms with E-state index in [1.165, 1.54) is 24.3 Å². The van der Waals surface area contributed by atoms with Gasteiger partial charge in [0, 0.05) is 30.9 Å². The molecule has 2 aromatic carbocycles. The molecule has 0 atom stereocenters. The Morgan fingerprint density at radius 2 is 1.76 bits per heavy atom. The Hall–Kier alpha value is -3.90. The molecule has 0 aliphatic carbocycles. The van der Waals surface area contributed by atoms with E-state index in [1.807, 2.05) is 4.90 Å². The molecular weight excluding hydrogens is 644 g/mol. The van der Waals surface area contributed by atoms with Crippen LogP contribution < -0.4 is 10.6 Å². The molecule has 4 rings (SSSR count). The van der Waals surface area contributed by atoms with Crippen molar-refractivity contribution in [2.45, 2.75) is 12.7 Å². The molecule has 2 heterocycles. The molecule has 2 N–H and O–H groups in total. The normalized spacial score (nSPS) is 15.8. The first-order valence-electron chi connectivity index (χ1n) is 11.5. The van der Waals surface area contributed by atoms with Crippen LogP contribution in [-0.2, 0) is 26.0 Å². The molecule has 1 aromatic heterocycles. The van der Waals surface area contributed by atoms with Gasteiger partial charge in [-0.3, -0.25) is 9.69 Å². The fourth-order valence-electron chi connectivity index (χ4n) is 3.51. The first-order valence-corrected chi connectivity index (χ1v) is 14.2. The third-order valence-electron chi connectivity index (χ3n) is 5.64. The summed E-state index contributed by atoms with van der Waals surface area (Å²) in [6.07, 6.45) is -5.36. The lowest BCUT2D eigenvalue weighted by molar-refractivity contribution is -0.199. The van der Waals surface area contributed by atoms with Crippen LogP contribution in [0, 0.1) is 5.82 Å². The molecule has 0 radical (unpaired) electrons. The van der Waals surface area contributed by atoms with Gasteiger partial charge < -0.3 is 15.5 Å². The quantitative estimate of drug-likeness (QED) is 0.126. The van der Waals surface area contributed by atoms with Crippen LogP contribution in [0.1, 0.15) is 21.6 Å². The minimum Gasteiger partial charge on any atom is -0.335 e. The van der Waals surface area contributed by atoms with Gasteiger partial charge in [-0.2, -0.15) is 13.2 Å². The van der Waals surface area contributed by atoms with Crippen LogP contribution >= 0.6 is 15.9 Å². The number of aromatic nitrogens is 2. The molecule has 0 bridgehead atoms. The Morgan fingerprint density at radius 3 is 2.39 bits per heavy atom.